The first-order valence-electron chi connectivity index (χ1n) is 11.2. The van der Waals surface area contributed by atoms with Crippen LogP contribution in [0, 0.1) is 0 Å². The number of fused-ring (bicyclic) bond motifs is 1. The van der Waals surface area contributed by atoms with E-state index in [1.165, 1.54) is 19.3 Å². The van der Waals surface area contributed by atoms with Gasteiger partial charge < -0.3 is 19.7 Å². The maximum absolute atomic E-state index is 12.7. The Morgan fingerprint density at radius 2 is 2.00 bits per heavy atom. The molecule has 0 bridgehead atoms. The quantitative estimate of drug-likeness (QED) is 0.811. The summed E-state index contributed by atoms with van der Waals surface area (Å²) in [5.41, 5.74) is 2.27. The molecule has 1 spiro atoms. The number of aromatic nitrogens is 1. The lowest BCUT2D eigenvalue weighted by atomic mass is 9.89. The van der Waals surface area contributed by atoms with Crippen LogP contribution in [0.1, 0.15) is 48.0 Å². The fourth-order valence-electron chi connectivity index (χ4n) is 4.54. The minimum atomic E-state index is -0.502. The van der Waals surface area contributed by atoms with E-state index in [1.54, 1.807) is 18.3 Å². The third-order valence-electron chi connectivity index (χ3n) is 6.72. The van der Waals surface area contributed by atoms with Crippen LogP contribution in [0.15, 0.2) is 36.5 Å². The third kappa shape index (κ3) is 4.12. The molecule has 7 nitrogen and oxygen atoms in total. The number of ether oxygens (including phenoxy) is 2. The minimum absolute atomic E-state index is 0.164. The molecule has 0 unspecified atom stereocenters. The molecule has 1 aliphatic carbocycles. The average molecular weight is 423 g/mol. The molecule has 1 saturated carbocycles. The number of rotatable bonds is 4. The van der Waals surface area contributed by atoms with Crippen LogP contribution in [-0.4, -0.2) is 54.8 Å². The summed E-state index contributed by atoms with van der Waals surface area (Å²) in [4.78, 5) is 21.4. The number of hydrogen-bond acceptors (Lipinski definition) is 6. The molecule has 0 radical (unpaired) electrons. The Labute approximate surface area is 183 Å². The number of piperidine rings is 1. The Hall–Kier alpha value is -2.64. The van der Waals surface area contributed by atoms with E-state index in [0.29, 0.717) is 12.2 Å². The van der Waals surface area contributed by atoms with E-state index in [4.69, 9.17) is 9.47 Å². The molecule has 1 N–H and O–H groups in total. The molecule has 2 aliphatic heterocycles. The summed E-state index contributed by atoms with van der Waals surface area (Å²) in [5, 5.41) is 2.97. The van der Waals surface area contributed by atoms with Crippen LogP contribution in [0.5, 0.6) is 5.75 Å². The Balaban J connectivity index is 1.24. The predicted octanol–water partition coefficient (Wildman–Crippen LogP) is 3.65. The van der Waals surface area contributed by atoms with Gasteiger partial charge in [0.05, 0.1) is 6.61 Å². The molecule has 164 valence electrons. The van der Waals surface area contributed by atoms with Crippen LogP contribution < -0.4 is 15.0 Å². The summed E-state index contributed by atoms with van der Waals surface area (Å²) in [6.45, 7) is 2.58. The van der Waals surface area contributed by atoms with Crippen molar-refractivity contribution in [1.82, 2.24) is 9.88 Å². The number of nitrogens with one attached hydrogen (secondary N) is 1. The van der Waals surface area contributed by atoms with Crippen LogP contribution in [0.25, 0.3) is 0 Å². The van der Waals surface area contributed by atoms with Crippen molar-refractivity contribution in [3.63, 3.8) is 0 Å². The van der Waals surface area contributed by atoms with Gasteiger partial charge in [-0.2, -0.15) is 0 Å². The van der Waals surface area contributed by atoms with E-state index < -0.39 is 5.79 Å². The highest BCUT2D eigenvalue weighted by atomic mass is 16.7. The van der Waals surface area contributed by atoms with Gasteiger partial charge in [0.2, 0.25) is 5.79 Å². The lowest BCUT2D eigenvalue weighted by molar-refractivity contribution is -0.231. The van der Waals surface area contributed by atoms with Gasteiger partial charge in [-0.25, -0.2) is 4.98 Å². The predicted molar refractivity (Wildman–Crippen MR) is 120 cm³/mol. The number of nitrogens with zero attached hydrogens (tertiary/aromatic N) is 3. The molecular formula is C24H30N4O3. The molecule has 3 aliphatic rings. The van der Waals surface area contributed by atoms with Gasteiger partial charge in [0.1, 0.15) is 11.6 Å². The summed E-state index contributed by atoms with van der Waals surface area (Å²) >= 11 is 0. The minimum Gasteiger partial charge on any atom is -0.462 e. The topological polar surface area (TPSA) is 66.9 Å². The molecule has 1 aromatic heterocycles. The number of carbonyl (C=O) groups excluding carboxylic acids is 1. The lowest BCUT2D eigenvalue weighted by Gasteiger charge is -2.47. The number of pyridine rings is 1. The Morgan fingerprint density at radius 1 is 1.19 bits per heavy atom. The second kappa shape index (κ2) is 8.13. The molecular weight excluding hydrogens is 392 g/mol. The van der Waals surface area contributed by atoms with E-state index in [-0.39, 0.29) is 5.91 Å². The zero-order valence-corrected chi connectivity index (χ0v) is 18.3. The SMILES string of the molecule is CN(C)c1cc(C(=O)Nc2ccc3c(c2)COC2(CCN(C4CCC4)CC2)O3)ccn1. The van der Waals surface area contributed by atoms with Crippen molar-refractivity contribution in [2.45, 2.75) is 50.5 Å². The van der Waals surface area contributed by atoms with E-state index in [9.17, 15) is 4.79 Å². The van der Waals surface area contributed by atoms with Gasteiger partial charge in [-0.3, -0.25) is 9.69 Å². The summed E-state index contributed by atoms with van der Waals surface area (Å²) in [7, 11) is 3.80. The summed E-state index contributed by atoms with van der Waals surface area (Å²) in [6.07, 6.45) is 7.48. The highest BCUT2D eigenvalue weighted by molar-refractivity contribution is 6.04. The van der Waals surface area contributed by atoms with Gasteiger partial charge >= 0.3 is 0 Å². The summed E-state index contributed by atoms with van der Waals surface area (Å²) in [5.74, 6) is 0.939. The second-order valence-electron chi connectivity index (χ2n) is 9.00. The first kappa shape index (κ1) is 20.3. The zero-order chi connectivity index (χ0) is 21.4. The number of amides is 1. The van der Waals surface area contributed by atoms with E-state index in [0.717, 1.165) is 54.8 Å². The van der Waals surface area contributed by atoms with Crippen molar-refractivity contribution in [3.05, 3.63) is 47.7 Å². The van der Waals surface area contributed by atoms with Crippen LogP contribution >= 0.6 is 0 Å². The van der Waals surface area contributed by atoms with Crippen molar-refractivity contribution in [2.24, 2.45) is 0 Å². The third-order valence-corrected chi connectivity index (χ3v) is 6.72. The fraction of sp³-hybridized carbons (Fsp3) is 0.500. The second-order valence-corrected chi connectivity index (χ2v) is 9.00. The fourth-order valence-corrected chi connectivity index (χ4v) is 4.54. The molecule has 2 aromatic rings. The van der Waals surface area contributed by atoms with Crippen LogP contribution in [0.4, 0.5) is 11.5 Å². The standard InChI is InChI=1S/C24H30N4O3/c1-27(2)22-15-17(8-11-25-22)23(29)26-19-6-7-21-18(14-19)16-30-24(31-21)9-12-28(13-10-24)20-4-3-5-20/h6-8,11,14-15,20H,3-5,9-10,12-13,16H2,1-2H3,(H,26,29). The first-order valence-corrected chi connectivity index (χ1v) is 11.2. The highest BCUT2D eigenvalue weighted by Gasteiger charge is 2.42. The lowest BCUT2D eigenvalue weighted by Crippen LogP contribution is -2.54. The van der Waals surface area contributed by atoms with E-state index in [1.807, 2.05) is 37.2 Å². The molecule has 1 aromatic carbocycles. The van der Waals surface area contributed by atoms with Gasteiger partial charge in [0.15, 0.2) is 0 Å². The van der Waals surface area contributed by atoms with Crippen LogP contribution in [-0.2, 0) is 11.3 Å². The van der Waals surface area contributed by atoms with Gasteiger partial charge in [-0.15, -0.1) is 0 Å². The molecule has 7 heteroatoms. The van der Waals surface area contributed by atoms with E-state index >= 15 is 0 Å². The number of benzene rings is 1. The molecule has 1 saturated heterocycles. The molecule has 5 rings (SSSR count). The van der Waals surface area contributed by atoms with Crippen LogP contribution in [0.2, 0.25) is 0 Å². The number of hydrogen-bond donors (Lipinski definition) is 1. The number of anilines is 2. The molecule has 2 fully saturated rings. The summed E-state index contributed by atoms with van der Waals surface area (Å²) in [6, 6.07) is 10.1. The molecule has 0 atom stereocenters. The number of carbonyl (C=O) groups is 1. The Kier molecular flexibility index (Phi) is 5.32. The monoisotopic (exact) mass is 422 g/mol. The first-order chi connectivity index (χ1) is 15.0. The van der Waals surface area contributed by atoms with Crippen molar-refractivity contribution >= 4 is 17.4 Å². The van der Waals surface area contributed by atoms with Gasteiger partial charge in [-0.05, 0) is 43.2 Å². The number of likely N-dealkylation sites (tertiary alicyclic amines) is 1. The van der Waals surface area contributed by atoms with Crippen molar-refractivity contribution in [1.29, 1.82) is 0 Å². The Morgan fingerprint density at radius 3 is 2.71 bits per heavy atom. The van der Waals surface area contributed by atoms with Gasteiger partial charge in [0, 0.05) is 69.1 Å². The van der Waals surface area contributed by atoms with Gasteiger partial charge in [-0.1, -0.05) is 6.42 Å². The Bertz CT molecular complexity index is 965. The normalized spacial score (nSPS) is 20.5. The zero-order valence-electron chi connectivity index (χ0n) is 18.3. The van der Waals surface area contributed by atoms with Crippen molar-refractivity contribution < 1.29 is 14.3 Å². The maximum atomic E-state index is 12.7. The van der Waals surface area contributed by atoms with Gasteiger partial charge in [0.25, 0.3) is 5.91 Å². The molecule has 1 amide bonds. The summed E-state index contributed by atoms with van der Waals surface area (Å²) < 4.78 is 12.6. The molecule has 3 heterocycles. The molecule has 31 heavy (non-hydrogen) atoms. The smallest absolute Gasteiger partial charge is 0.255 e. The largest absolute Gasteiger partial charge is 0.462 e. The maximum Gasteiger partial charge on any atom is 0.255 e. The highest BCUT2D eigenvalue weighted by Crippen LogP contribution is 2.40. The van der Waals surface area contributed by atoms with Crippen LogP contribution in [0.3, 0.4) is 0 Å². The van der Waals surface area contributed by atoms with Crippen molar-refractivity contribution in [3.8, 4) is 5.75 Å². The van der Waals surface area contributed by atoms with Crippen molar-refractivity contribution in [2.75, 3.05) is 37.4 Å². The average Bonchev–Trinajstić information content (AvgIpc) is 2.74. The van der Waals surface area contributed by atoms with E-state index in [2.05, 4.69) is 15.2 Å².